The first kappa shape index (κ1) is 23.0. The van der Waals surface area contributed by atoms with Crippen LogP contribution < -0.4 is 20.1 Å². The minimum Gasteiger partial charge on any atom is -0.490 e. The van der Waals surface area contributed by atoms with Crippen LogP contribution in [0.5, 0.6) is 11.5 Å². The zero-order chi connectivity index (χ0) is 21.4. The second kappa shape index (κ2) is 10.5. The number of benzene rings is 2. The summed E-state index contributed by atoms with van der Waals surface area (Å²) in [6.07, 6.45) is 0. The van der Waals surface area contributed by atoms with E-state index in [0.717, 1.165) is 11.1 Å². The molecule has 0 fully saturated rings. The molecule has 29 heavy (non-hydrogen) atoms. The van der Waals surface area contributed by atoms with Gasteiger partial charge in [-0.1, -0.05) is 23.7 Å². The number of ether oxygens (including phenoxy) is 2. The quantitative estimate of drug-likeness (QED) is 0.626. The zero-order valence-electron chi connectivity index (χ0n) is 17.3. The Hall–Kier alpha value is -2.31. The maximum atomic E-state index is 13.0. The molecule has 2 rings (SSSR count). The van der Waals surface area contributed by atoms with Crippen molar-refractivity contribution in [3.63, 3.8) is 0 Å². The fraction of sp³-hybridized carbons (Fsp3) is 0.409. The van der Waals surface area contributed by atoms with Crippen LogP contribution in [0.1, 0.15) is 38.8 Å². The lowest BCUT2D eigenvalue weighted by Gasteiger charge is -2.21. The number of hydrogen-bond donors (Lipinski definition) is 2. The monoisotopic (exact) mass is 422 g/mol. The van der Waals surface area contributed by atoms with Crippen molar-refractivity contribution in [2.75, 3.05) is 13.2 Å². The lowest BCUT2D eigenvalue weighted by molar-refractivity contribution is -0.124. The lowest BCUT2D eigenvalue weighted by atomic mass is 10.1. The van der Waals surface area contributed by atoms with Gasteiger partial charge in [0.05, 0.1) is 6.61 Å². The molecule has 0 heterocycles. The molecule has 0 bridgehead atoms. The average Bonchev–Trinajstić information content (AvgIpc) is 2.63. The van der Waals surface area contributed by atoms with Crippen molar-refractivity contribution < 1.29 is 18.7 Å². The minimum absolute atomic E-state index is 0.129. The molecule has 0 aromatic heterocycles. The summed E-state index contributed by atoms with van der Waals surface area (Å²) in [5.41, 5.74) is 1.47. The molecule has 0 aliphatic carbocycles. The van der Waals surface area contributed by atoms with Crippen molar-refractivity contribution in [1.82, 2.24) is 10.6 Å². The van der Waals surface area contributed by atoms with E-state index in [1.165, 1.54) is 12.1 Å². The van der Waals surface area contributed by atoms with Gasteiger partial charge in [0.2, 0.25) is 0 Å². The Bertz CT molecular complexity index is 820. The summed E-state index contributed by atoms with van der Waals surface area (Å²) in [6.45, 7) is 8.98. The van der Waals surface area contributed by atoms with Gasteiger partial charge in [-0.05, 0) is 57.0 Å². The summed E-state index contributed by atoms with van der Waals surface area (Å²) in [4.78, 5) is 12.0. The van der Waals surface area contributed by atoms with Crippen molar-refractivity contribution in [3.8, 4) is 11.5 Å². The van der Waals surface area contributed by atoms with Gasteiger partial charge in [0.1, 0.15) is 5.82 Å². The molecule has 2 aromatic rings. The van der Waals surface area contributed by atoms with Crippen LogP contribution in [0, 0.1) is 5.82 Å². The van der Waals surface area contributed by atoms with Gasteiger partial charge in [-0.2, -0.15) is 0 Å². The van der Waals surface area contributed by atoms with Crippen molar-refractivity contribution in [2.45, 2.75) is 46.3 Å². The van der Waals surface area contributed by atoms with Gasteiger partial charge in [-0.25, -0.2) is 4.39 Å². The number of hydrogen-bond acceptors (Lipinski definition) is 4. The summed E-state index contributed by atoms with van der Waals surface area (Å²) in [7, 11) is 0. The van der Waals surface area contributed by atoms with Crippen LogP contribution in [0.2, 0.25) is 5.02 Å². The van der Waals surface area contributed by atoms with Crippen LogP contribution in [0.4, 0.5) is 4.39 Å². The third-order valence-electron chi connectivity index (χ3n) is 3.84. The molecule has 2 aromatic carbocycles. The van der Waals surface area contributed by atoms with E-state index in [1.807, 2.05) is 27.7 Å². The first-order valence-electron chi connectivity index (χ1n) is 9.52. The van der Waals surface area contributed by atoms with Crippen LogP contribution >= 0.6 is 11.6 Å². The van der Waals surface area contributed by atoms with Crippen LogP contribution in [0.3, 0.4) is 0 Å². The smallest absolute Gasteiger partial charge is 0.258 e. The predicted molar refractivity (Wildman–Crippen MR) is 113 cm³/mol. The third-order valence-corrected chi connectivity index (χ3v) is 4.20. The molecule has 2 N–H and O–H groups in total. The summed E-state index contributed by atoms with van der Waals surface area (Å²) >= 11 is 6.40. The Labute approximate surface area is 176 Å². The SMILES string of the molecule is CCOc1cc(CNCc2ccc(F)cc2)c(Cl)cc1OCC(=O)NC(C)(C)C. The fourth-order valence-electron chi connectivity index (χ4n) is 2.64. The van der Waals surface area contributed by atoms with Gasteiger partial charge in [0, 0.05) is 29.7 Å². The normalized spacial score (nSPS) is 11.2. The van der Waals surface area contributed by atoms with E-state index < -0.39 is 0 Å². The van der Waals surface area contributed by atoms with Crippen molar-refractivity contribution in [1.29, 1.82) is 0 Å². The molecule has 0 atom stereocenters. The Morgan fingerprint density at radius 3 is 2.34 bits per heavy atom. The minimum atomic E-state index is -0.332. The standard InChI is InChI=1S/C22H28ClFN2O3/c1-5-28-19-10-16(13-25-12-15-6-8-17(24)9-7-15)18(23)11-20(19)29-14-21(27)26-22(2,3)4/h6-11,25H,5,12-14H2,1-4H3,(H,26,27). The van der Waals surface area contributed by atoms with Crippen LogP contribution in [-0.2, 0) is 17.9 Å². The maximum absolute atomic E-state index is 13.0. The highest BCUT2D eigenvalue weighted by Gasteiger charge is 2.16. The highest BCUT2D eigenvalue weighted by atomic mass is 35.5. The van der Waals surface area contributed by atoms with Gasteiger partial charge >= 0.3 is 0 Å². The summed E-state index contributed by atoms with van der Waals surface area (Å²) < 4.78 is 24.3. The molecule has 0 radical (unpaired) electrons. The van der Waals surface area contributed by atoms with Crippen LogP contribution in [0.15, 0.2) is 36.4 Å². The molecule has 1 amide bonds. The largest absolute Gasteiger partial charge is 0.490 e. The molecule has 5 nitrogen and oxygen atoms in total. The molecule has 0 saturated heterocycles. The molecule has 0 aliphatic rings. The lowest BCUT2D eigenvalue weighted by Crippen LogP contribution is -2.43. The highest BCUT2D eigenvalue weighted by molar-refractivity contribution is 6.31. The number of amides is 1. The zero-order valence-corrected chi connectivity index (χ0v) is 18.0. The molecule has 0 unspecified atom stereocenters. The highest BCUT2D eigenvalue weighted by Crippen LogP contribution is 2.33. The predicted octanol–water partition coefficient (Wildman–Crippen LogP) is 4.46. The van der Waals surface area contributed by atoms with Gasteiger partial charge in [-0.3, -0.25) is 4.79 Å². The summed E-state index contributed by atoms with van der Waals surface area (Å²) in [5, 5.41) is 6.62. The number of carbonyl (C=O) groups is 1. The van der Waals surface area contributed by atoms with E-state index in [-0.39, 0.29) is 23.9 Å². The Kier molecular flexibility index (Phi) is 8.29. The fourth-order valence-corrected chi connectivity index (χ4v) is 2.86. The molecule has 0 aliphatic heterocycles. The molecule has 158 valence electrons. The second-order valence-electron chi connectivity index (χ2n) is 7.64. The van der Waals surface area contributed by atoms with Crippen molar-refractivity contribution >= 4 is 17.5 Å². The first-order chi connectivity index (χ1) is 13.7. The summed E-state index contributed by atoms with van der Waals surface area (Å²) in [5.74, 6) is 0.466. The molecular weight excluding hydrogens is 395 g/mol. The molecular formula is C22H28ClFN2O3. The molecule has 0 spiro atoms. The van der Waals surface area contributed by atoms with Gasteiger partial charge in [-0.15, -0.1) is 0 Å². The van der Waals surface area contributed by atoms with Gasteiger partial charge < -0.3 is 20.1 Å². The van der Waals surface area contributed by atoms with Gasteiger partial charge in [0.25, 0.3) is 5.91 Å². The second-order valence-corrected chi connectivity index (χ2v) is 8.05. The third kappa shape index (κ3) is 7.91. The number of rotatable bonds is 9. The average molecular weight is 423 g/mol. The van der Waals surface area contributed by atoms with Crippen LogP contribution in [-0.4, -0.2) is 24.7 Å². The van der Waals surface area contributed by atoms with E-state index in [0.29, 0.717) is 36.2 Å². The number of nitrogens with one attached hydrogen (secondary N) is 2. The van der Waals surface area contributed by atoms with Crippen LogP contribution in [0.25, 0.3) is 0 Å². The molecule has 7 heteroatoms. The van der Waals surface area contributed by atoms with E-state index in [2.05, 4.69) is 10.6 Å². The Balaban J connectivity index is 2.02. The van der Waals surface area contributed by atoms with E-state index in [1.54, 1.807) is 24.3 Å². The number of carbonyl (C=O) groups excluding carboxylic acids is 1. The van der Waals surface area contributed by atoms with E-state index in [4.69, 9.17) is 21.1 Å². The maximum Gasteiger partial charge on any atom is 0.258 e. The Morgan fingerprint density at radius 2 is 1.72 bits per heavy atom. The summed E-state index contributed by atoms with van der Waals surface area (Å²) in [6, 6.07) is 9.79. The van der Waals surface area contributed by atoms with Crippen molar-refractivity contribution in [2.24, 2.45) is 0 Å². The first-order valence-corrected chi connectivity index (χ1v) is 9.90. The Morgan fingerprint density at radius 1 is 1.07 bits per heavy atom. The van der Waals surface area contributed by atoms with E-state index >= 15 is 0 Å². The molecule has 0 saturated carbocycles. The van der Waals surface area contributed by atoms with Gasteiger partial charge in [0.15, 0.2) is 18.1 Å². The topological polar surface area (TPSA) is 59.6 Å². The van der Waals surface area contributed by atoms with E-state index in [9.17, 15) is 9.18 Å². The van der Waals surface area contributed by atoms with Crippen molar-refractivity contribution in [3.05, 3.63) is 58.4 Å². The number of halogens is 2.